The Morgan fingerprint density at radius 1 is 0.812 bits per heavy atom. The molecular formula is C24H13Cl2F2N3O. The summed E-state index contributed by atoms with van der Waals surface area (Å²) < 4.78 is 35.9. The standard InChI is InChI=1S/C24H13Cl2F2N3O/c25-17-7-4-8-20(21(17)28)31-23(15-9-10-19(27)18(26)11-15)22(16-12-29-32-13-16)30-24(31)14-5-2-1-3-6-14/h1-13H. The largest absolute Gasteiger partial charge is 0.364 e. The number of nitrogens with zero attached hydrogens (tertiary/aromatic N) is 3. The molecule has 5 aromatic rings. The summed E-state index contributed by atoms with van der Waals surface area (Å²) in [5.41, 5.74) is 2.97. The first-order valence-electron chi connectivity index (χ1n) is 9.52. The Labute approximate surface area is 191 Å². The van der Waals surface area contributed by atoms with E-state index in [2.05, 4.69) is 5.16 Å². The summed E-state index contributed by atoms with van der Waals surface area (Å²) in [5.74, 6) is -0.723. The lowest BCUT2D eigenvalue weighted by Crippen LogP contribution is -2.03. The molecule has 0 unspecified atom stereocenters. The first-order chi connectivity index (χ1) is 15.5. The Kier molecular flexibility index (Phi) is 5.25. The van der Waals surface area contributed by atoms with Gasteiger partial charge < -0.3 is 4.52 Å². The SMILES string of the molecule is Fc1ccc(-c2c(-c3cnoc3)nc(-c3ccccc3)n2-c2cccc(Cl)c2F)cc1Cl. The van der Waals surface area contributed by atoms with Gasteiger partial charge in [0, 0.05) is 11.1 Å². The lowest BCUT2D eigenvalue weighted by Gasteiger charge is -2.15. The summed E-state index contributed by atoms with van der Waals surface area (Å²) in [7, 11) is 0. The average molecular weight is 468 g/mol. The zero-order chi connectivity index (χ0) is 22.2. The van der Waals surface area contributed by atoms with Crippen molar-refractivity contribution in [1.29, 1.82) is 0 Å². The van der Waals surface area contributed by atoms with E-state index in [1.54, 1.807) is 22.8 Å². The van der Waals surface area contributed by atoms with Crippen LogP contribution < -0.4 is 0 Å². The van der Waals surface area contributed by atoms with Crippen LogP contribution in [0.15, 0.2) is 83.7 Å². The molecule has 0 aliphatic heterocycles. The summed E-state index contributed by atoms with van der Waals surface area (Å²) in [6.07, 6.45) is 2.94. The Hall–Kier alpha value is -3.48. The Morgan fingerprint density at radius 3 is 2.34 bits per heavy atom. The van der Waals surface area contributed by atoms with Crippen LogP contribution in [0, 0.1) is 11.6 Å². The van der Waals surface area contributed by atoms with Crippen LogP contribution >= 0.6 is 23.2 Å². The normalized spacial score (nSPS) is 11.1. The molecule has 0 atom stereocenters. The maximum absolute atomic E-state index is 15.3. The number of imidazole rings is 1. The van der Waals surface area contributed by atoms with E-state index in [0.29, 0.717) is 28.3 Å². The van der Waals surface area contributed by atoms with Gasteiger partial charge in [0.2, 0.25) is 0 Å². The van der Waals surface area contributed by atoms with Gasteiger partial charge >= 0.3 is 0 Å². The van der Waals surface area contributed by atoms with Crippen LogP contribution in [0.3, 0.4) is 0 Å². The molecule has 8 heteroatoms. The van der Waals surface area contributed by atoms with Crippen LogP contribution in [-0.4, -0.2) is 14.7 Å². The molecule has 0 radical (unpaired) electrons. The summed E-state index contributed by atoms with van der Waals surface area (Å²) in [5, 5.41) is 3.67. The molecule has 2 aromatic heterocycles. The molecule has 0 aliphatic carbocycles. The van der Waals surface area contributed by atoms with Crippen LogP contribution in [0.4, 0.5) is 8.78 Å². The fourth-order valence-electron chi connectivity index (χ4n) is 3.53. The lowest BCUT2D eigenvalue weighted by molar-refractivity contribution is 0.420. The molecule has 32 heavy (non-hydrogen) atoms. The highest BCUT2D eigenvalue weighted by molar-refractivity contribution is 6.31. The van der Waals surface area contributed by atoms with Crippen molar-refractivity contribution < 1.29 is 13.3 Å². The summed E-state index contributed by atoms with van der Waals surface area (Å²) >= 11 is 12.2. The number of hydrogen-bond donors (Lipinski definition) is 0. The van der Waals surface area contributed by atoms with Crippen molar-refractivity contribution in [3.05, 3.63) is 101 Å². The molecule has 2 heterocycles. The number of aromatic nitrogens is 3. The highest BCUT2D eigenvalue weighted by atomic mass is 35.5. The number of hydrogen-bond acceptors (Lipinski definition) is 3. The van der Waals surface area contributed by atoms with Crippen molar-refractivity contribution >= 4 is 23.2 Å². The van der Waals surface area contributed by atoms with E-state index in [0.717, 1.165) is 5.56 Å². The number of rotatable bonds is 4. The van der Waals surface area contributed by atoms with Crippen molar-refractivity contribution in [1.82, 2.24) is 14.7 Å². The Balaban J connectivity index is 1.93. The molecule has 0 saturated heterocycles. The molecule has 0 N–H and O–H groups in total. The number of halogens is 4. The molecule has 0 aliphatic rings. The van der Waals surface area contributed by atoms with E-state index < -0.39 is 11.6 Å². The summed E-state index contributed by atoms with van der Waals surface area (Å²) in [4.78, 5) is 4.81. The quantitative estimate of drug-likeness (QED) is 0.275. The maximum Gasteiger partial charge on any atom is 0.165 e. The minimum Gasteiger partial charge on any atom is -0.364 e. The van der Waals surface area contributed by atoms with Gasteiger partial charge in [-0.2, -0.15) is 0 Å². The molecule has 5 rings (SSSR count). The minimum absolute atomic E-state index is 0.0372. The van der Waals surface area contributed by atoms with Crippen molar-refractivity contribution in [2.24, 2.45) is 0 Å². The van der Waals surface area contributed by atoms with Crippen LogP contribution in [0.25, 0.3) is 39.6 Å². The maximum atomic E-state index is 15.3. The first-order valence-corrected chi connectivity index (χ1v) is 10.3. The lowest BCUT2D eigenvalue weighted by atomic mass is 10.1. The third-order valence-electron chi connectivity index (χ3n) is 4.98. The van der Waals surface area contributed by atoms with E-state index in [1.165, 1.54) is 30.7 Å². The summed E-state index contributed by atoms with van der Waals surface area (Å²) in [6, 6.07) is 18.3. The third kappa shape index (κ3) is 3.47. The molecule has 0 spiro atoms. The van der Waals surface area contributed by atoms with Gasteiger partial charge in [0.05, 0.1) is 33.2 Å². The number of benzene rings is 3. The molecule has 0 saturated carbocycles. The van der Waals surface area contributed by atoms with E-state index in [-0.39, 0.29) is 15.7 Å². The fraction of sp³-hybridized carbons (Fsp3) is 0. The topological polar surface area (TPSA) is 43.9 Å². The van der Waals surface area contributed by atoms with Gasteiger partial charge in [-0.05, 0) is 30.3 Å². The predicted molar refractivity (Wildman–Crippen MR) is 120 cm³/mol. The Bertz CT molecular complexity index is 1420. The molecule has 0 bridgehead atoms. The smallest absolute Gasteiger partial charge is 0.165 e. The van der Waals surface area contributed by atoms with Crippen LogP contribution in [0.1, 0.15) is 0 Å². The molecule has 4 nitrogen and oxygen atoms in total. The van der Waals surface area contributed by atoms with Crippen molar-refractivity contribution in [2.45, 2.75) is 0 Å². The first kappa shape index (κ1) is 20.4. The second-order valence-corrected chi connectivity index (χ2v) is 7.76. The van der Waals surface area contributed by atoms with E-state index in [9.17, 15) is 4.39 Å². The summed E-state index contributed by atoms with van der Waals surface area (Å²) in [6.45, 7) is 0. The molecular weight excluding hydrogens is 455 g/mol. The van der Waals surface area contributed by atoms with Crippen molar-refractivity contribution in [3.8, 4) is 39.6 Å². The van der Waals surface area contributed by atoms with E-state index >= 15 is 4.39 Å². The second-order valence-electron chi connectivity index (χ2n) is 6.95. The van der Waals surface area contributed by atoms with Gasteiger partial charge in [-0.15, -0.1) is 0 Å². The average Bonchev–Trinajstić information content (AvgIpc) is 3.46. The van der Waals surface area contributed by atoms with Gasteiger partial charge in [0.25, 0.3) is 0 Å². The van der Waals surface area contributed by atoms with Crippen molar-refractivity contribution in [3.63, 3.8) is 0 Å². The molecule has 3 aromatic carbocycles. The minimum atomic E-state index is -0.616. The van der Waals surface area contributed by atoms with Crippen LogP contribution in [-0.2, 0) is 0 Å². The fourth-order valence-corrected chi connectivity index (χ4v) is 3.88. The van der Waals surface area contributed by atoms with E-state index in [1.807, 2.05) is 30.3 Å². The van der Waals surface area contributed by atoms with Gasteiger partial charge in [0.15, 0.2) is 5.82 Å². The highest BCUT2D eigenvalue weighted by Crippen LogP contribution is 2.40. The zero-order valence-electron chi connectivity index (χ0n) is 16.3. The molecule has 0 fully saturated rings. The third-order valence-corrected chi connectivity index (χ3v) is 5.56. The van der Waals surface area contributed by atoms with Gasteiger partial charge in [-0.25, -0.2) is 13.8 Å². The van der Waals surface area contributed by atoms with Gasteiger partial charge in [-0.3, -0.25) is 4.57 Å². The molecule has 158 valence electrons. The monoisotopic (exact) mass is 467 g/mol. The van der Waals surface area contributed by atoms with Crippen LogP contribution in [0.2, 0.25) is 10.0 Å². The van der Waals surface area contributed by atoms with Gasteiger partial charge in [0.1, 0.15) is 23.6 Å². The van der Waals surface area contributed by atoms with Crippen LogP contribution in [0.5, 0.6) is 0 Å². The van der Waals surface area contributed by atoms with Crippen molar-refractivity contribution in [2.75, 3.05) is 0 Å². The Morgan fingerprint density at radius 2 is 1.62 bits per heavy atom. The predicted octanol–water partition coefficient (Wildman–Crippen LogP) is 7.45. The molecule has 0 amide bonds. The zero-order valence-corrected chi connectivity index (χ0v) is 17.8. The van der Waals surface area contributed by atoms with Gasteiger partial charge in [-0.1, -0.05) is 64.8 Å². The second kappa shape index (κ2) is 8.22. The van der Waals surface area contributed by atoms with E-state index in [4.69, 9.17) is 32.7 Å². The highest BCUT2D eigenvalue weighted by Gasteiger charge is 2.25.